The van der Waals surface area contributed by atoms with Gasteiger partial charge in [0.2, 0.25) is 0 Å². The zero-order chi connectivity index (χ0) is 19.0. The molecule has 0 aliphatic carbocycles. The van der Waals surface area contributed by atoms with Crippen LogP contribution in [0, 0.1) is 24.6 Å². The van der Waals surface area contributed by atoms with Crippen molar-refractivity contribution in [2.45, 2.75) is 41.5 Å². The fraction of sp³-hybridized carbons (Fsp3) is 0.273. The van der Waals surface area contributed by atoms with E-state index in [9.17, 15) is 9.18 Å². The Morgan fingerprint density at radius 3 is 2.44 bits per heavy atom. The van der Waals surface area contributed by atoms with E-state index < -0.39 is 0 Å². The lowest BCUT2D eigenvalue weighted by atomic mass is 10.0. The van der Waals surface area contributed by atoms with E-state index in [1.807, 2.05) is 39.0 Å². The number of halogens is 1. The average molecular weight is 337 g/mol. The van der Waals surface area contributed by atoms with Gasteiger partial charge in [-0.3, -0.25) is 4.79 Å². The van der Waals surface area contributed by atoms with Crippen LogP contribution in [-0.2, 0) is 4.79 Å². The zero-order valence-corrected chi connectivity index (χ0v) is 15.7. The summed E-state index contributed by atoms with van der Waals surface area (Å²) in [5.74, 6) is 5.39. The van der Waals surface area contributed by atoms with Crippen LogP contribution in [0.5, 0.6) is 0 Å². The number of aliphatic imine (C=N–C) groups is 1. The van der Waals surface area contributed by atoms with Crippen molar-refractivity contribution < 1.29 is 9.18 Å². The molecule has 0 spiro atoms. The van der Waals surface area contributed by atoms with E-state index >= 15 is 0 Å². The number of Topliss-reactive ketones (excluding diaryl/α,β-unsaturated/α-hetero) is 1. The Morgan fingerprint density at radius 2 is 1.88 bits per heavy atom. The third-order valence-corrected chi connectivity index (χ3v) is 3.57. The highest BCUT2D eigenvalue weighted by Crippen LogP contribution is 2.22. The summed E-state index contributed by atoms with van der Waals surface area (Å²) in [6.45, 7) is 10.6. The molecule has 0 saturated heterocycles. The maximum Gasteiger partial charge on any atom is 0.178 e. The summed E-state index contributed by atoms with van der Waals surface area (Å²) in [7, 11) is 0. The lowest BCUT2D eigenvalue weighted by Crippen LogP contribution is -2.01. The molecule has 0 bridgehead atoms. The maximum atomic E-state index is 13.5. The van der Waals surface area contributed by atoms with Gasteiger partial charge in [-0.2, -0.15) is 0 Å². The Morgan fingerprint density at radius 1 is 1.20 bits per heavy atom. The second-order valence-corrected chi connectivity index (χ2v) is 5.83. The van der Waals surface area contributed by atoms with Gasteiger partial charge in [-0.25, -0.2) is 9.38 Å². The van der Waals surface area contributed by atoms with Crippen molar-refractivity contribution in [2.24, 2.45) is 4.99 Å². The number of hydrogen-bond acceptors (Lipinski definition) is 2. The highest BCUT2D eigenvalue weighted by Gasteiger charge is 2.10. The number of aryl methyl sites for hydroxylation is 1. The number of benzene rings is 1. The zero-order valence-electron chi connectivity index (χ0n) is 15.7. The molecule has 0 saturated carbocycles. The van der Waals surface area contributed by atoms with Crippen LogP contribution in [0.1, 0.15) is 45.7 Å². The number of rotatable bonds is 5. The first kappa shape index (κ1) is 20.3. The van der Waals surface area contributed by atoms with Crippen LogP contribution >= 0.6 is 0 Å². The third kappa shape index (κ3) is 6.35. The summed E-state index contributed by atoms with van der Waals surface area (Å²) < 4.78 is 13.5. The summed E-state index contributed by atoms with van der Waals surface area (Å²) in [6.07, 6.45) is 5.57. The monoisotopic (exact) mass is 337 g/mol. The molecular formula is C22H24FNO. The predicted molar refractivity (Wildman–Crippen MR) is 104 cm³/mol. The van der Waals surface area contributed by atoms with Crippen molar-refractivity contribution in [2.75, 3.05) is 0 Å². The van der Waals surface area contributed by atoms with Crippen molar-refractivity contribution in [3.8, 4) is 11.8 Å². The molecule has 0 N–H and O–H groups in total. The molecule has 0 radical (unpaired) electrons. The molecule has 0 atom stereocenters. The van der Waals surface area contributed by atoms with Crippen LogP contribution < -0.4 is 0 Å². The van der Waals surface area contributed by atoms with E-state index in [1.54, 1.807) is 26.0 Å². The SMILES string of the molecule is CC#C/C(C)=C/C=C\C(C)=N/C(C(C)=O)=C(\C)c1ccc(F)c(C)c1. The second kappa shape index (κ2) is 9.54. The number of hydrogen-bond donors (Lipinski definition) is 0. The number of allylic oxidation sites excluding steroid dienone is 6. The normalized spacial score (nSPS) is 13.4. The van der Waals surface area contributed by atoms with Gasteiger partial charge in [0.15, 0.2) is 5.78 Å². The number of ketones is 1. The minimum atomic E-state index is -0.263. The van der Waals surface area contributed by atoms with E-state index in [0.717, 1.165) is 16.7 Å². The topological polar surface area (TPSA) is 29.4 Å². The smallest absolute Gasteiger partial charge is 0.178 e. The molecular weight excluding hydrogens is 313 g/mol. The summed E-state index contributed by atoms with van der Waals surface area (Å²) in [4.78, 5) is 16.5. The molecule has 1 aromatic rings. The molecule has 130 valence electrons. The van der Waals surface area contributed by atoms with E-state index in [-0.39, 0.29) is 11.6 Å². The van der Waals surface area contributed by atoms with Gasteiger partial charge in [0.1, 0.15) is 11.5 Å². The molecule has 0 aromatic heterocycles. The Labute approximate surface area is 149 Å². The molecule has 1 aromatic carbocycles. The second-order valence-electron chi connectivity index (χ2n) is 5.83. The molecule has 0 fully saturated rings. The summed E-state index contributed by atoms with van der Waals surface area (Å²) >= 11 is 0. The maximum absolute atomic E-state index is 13.5. The Hall–Kier alpha value is -2.73. The fourth-order valence-electron chi connectivity index (χ4n) is 2.23. The largest absolute Gasteiger partial charge is 0.293 e. The van der Waals surface area contributed by atoms with Crippen LogP contribution in [0.4, 0.5) is 4.39 Å². The average Bonchev–Trinajstić information content (AvgIpc) is 2.54. The fourth-order valence-corrected chi connectivity index (χ4v) is 2.23. The van der Waals surface area contributed by atoms with Crippen molar-refractivity contribution in [3.05, 3.63) is 64.6 Å². The van der Waals surface area contributed by atoms with Gasteiger partial charge >= 0.3 is 0 Å². The summed E-state index contributed by atoms with van der Waals surface area (Å²) in [5, 5.41) is 0. The number of carbonyl (C=O) groups is 1. The molecule has 25 heavy (non-hydrogen) atoms. The van der Waals surface area contributed by atoms with Gasteiger partial charge in [0.05, 0.1) is 0 Å². The van der Waals surface area contributed by atoms with Gasteiger partial charge in [0, 0.05) is 12.6 Å². The van der Waals surface area contributed by atoms with Crippen molar-refractivity contribution in [1.29, 1.82) is 0 Å². The van der Waals surface area contributed by atoms with Crippen LogP contribution in [0.3, 0.4) is 0 Å². The number of nitrogens with zero attached hydrogens (tertiary/aromatic N) is 1. The molecule has 3 heteroatoms. The van der Waals surface area contributed by atoms with Crippen LogP contribution in [0.15, 0.2) is 52.7 Å². The van der Waals surface area contributed by atoms with Gasteiger partial charge in [-0.15, -0.1) is 5.92 Å². The molecule has 1 rings (SSSR count). The Balaban J connectivity index is 3.23. The predicted octanol–water partition coefficient (Wildman–Crippen LogP) is 5.44. The van der Waals surface area contributed by atoms with E-state index in [2.05, 4.69) is 16.8 Å². The minimum Gasteiger partial charge on any atom is -0.293 e. The van der Waals surface area contributed by atoms with Gasteiger partial charge < -0.3 is 0 Å². The highest BCUT2D eigenvalue weighted by atomic mass is 19.1. The Kier molecular flexibility index (Phi) is 7.75. The lowest BCUT2D eigenvalue weighted by molar-refractivity contribution is -0.113. The van der Waals surface area contributed by atoms with Crippen molar-refractivity contribution >= 4 is 17.1 Å². The molecule has 0 amide bonds. The van der Waals surface area contributed by atoms with Gasteiger partial charge in [0.25, 0.3) is 0 Å². The molecule has 2 nitrogen and oxygen atoms in total. The van der Waals surface area contributed by atoms with E-state index in [1.165, 1.54) is 13.0 Å². The Bertz CT molecular complexity index is 843. The summed E-state index contributed by atoms with van der Waals surface area (Å²) in [5.41, 5.74) is 4.09. The lowest BCUT2D eigenvalue weighted by Gasteiger charge is -2.08. The molecule has 0 heterocycles. The third-order valence-electron chi connectivity index (χ3n) is 3.57. The first-order valence-electron chi connectivity index (χ1n) is 8.07. The van der Waals surface area contributed by atoms with Crippen LogP contribution in [0.25, 0.3) is 5.57 Å². The van der Waals surface area contributed by atoms with E-state index in [0.29, 0.717) is 17.0 Å². The standard InChI is InChI=1S/C22H24FNO/c1-7-9-15(2)10-8-11-17(4)24-22(19(6)25)18(5)20-12-13-21(23)16(3)14-20/h8,10-14H,1-6H3/b11-8-,15-10+,22-18+,24-17-. The first-order valence-corrected chi connectivity index (χ1v) is 8.07. The molecule has 0 aliphatic heterocycles. The summed E-state index contributed by atoms with van der Waals surface area (Å²) in [6, 6.07) is 4.80. The quantitative estimate of drug-likeness (QED) is 0.304. The van der Waals surface area contributed by atoms with Crippen LogP contribution in [-0.4, -0.2) is 11.5 Å². The molecule has 0 unspecified atom stereocenters. The van der Waals surface area contributed by atoms with Gasteiger partial charge in [-0.1, -0.05) is 24.1 Å². The van der Waals surface area contributed by atoms with E-state index in [4.69, 9.17) is 0 Å². The minimum absolute atomic E-state index is 0.129. The first-order chi connectivity index (χ1) is 11.8. The highest BCUT2D eigenvalue weighted by molar-refractivity contribution is 6.05. The van der Waals surface area contributed by atoms with Crippen molar-refractivity contribution in [1.82, 2.24) is 0 Å². The van der Waals surface area contributed by atoms with Gasteiger partial charge in [-0.05, 0) is 75.1 Å². The van der Waals surface area contributed by atoms with Crippen molar-refractivity contribution in [3.63, 3.8) is 0 Å². The molecule has 0 aliphatic rings. The van der Waals surface area contributed by atoms with Crippen LogP contribution in [0.2, 0.25) is 0 Å². The number of carbonyl (C=O) groups excluding carboxylic acids is 1.